The predicted octanol–water partition coefficient (Wildman–Crippen LogP) is 5.68. The molecular formula is C25H20ClN3O2. The number of anilines is 1. The highest BCUT2D eigenvalue weighted by Gasteiger charge is 2.36. The van der Waals surface area contributed by atoms with E-state index < -0.39 is 6.04 Å². The van der Waals surface area contributed by atoms with E-state index in [0.29, 0.717) is 22.2 Å². The number of nitrogens with one attached hydrogen (secondary N) is 1. The molecule has 2 heterocycles. The van der Waals surface area contributed by atoms with Gasteiger partial charge in [0.15, 0.2) is 0 Å². The highest BCUT2D eigenvalue weighted by molar-refractivity contribution is 6.30. The Balaban J connectivity index is 1.83. The smallest absolute Gasteiger partial charge is 0.338 e. The number of imidazole rings is 1. The third-order valence-electron chi connectivity index (χ3n) is 5.38. The molecule has 1 aliphatic rings. The lowest BCUT2D eigenvalue weighted by Crippen LogP contribution is -2.29. The molecule has 4 aromatic rings. The van der Waals surface area contributed by atoms with Crippen LogP contribution in [0.25, 0.3) is 16.7 Å². The molecule has 0 saturated heterocycles. The fourth-order valence-electron chi connectivity index (χ4n) is 4.05. The van der Waals surface area contributed by atoms with Crippen molar-refractivity contribution in [2.24, 2.45) is 0 Å². The second kappa shape index (κ2) is 7.93. The first-order chi connectivity index (χ1) is 15.2. The molecule has 0 amide bonds. The van der Waals surface area contributed by atoms with Crippen LogP contribution in [0, 0.1) is 0 Å². The number of hydrogen-bond donors (Lipinski definition) is 1. The van der Waals surface area contributed by atoms with Gasteiger partial charge >= 0.3 is 5.97 Å². The number of aromatic nitrogens is 2. The summed E-state index contributed by atoms with van der Waals surface area (Å²) in [4.78, 5) is 18.1. The summed E-state index contributed by atoms with van der Waals surface area (Å²) >= 11 is 6.16. The second-order valence-electron chi connectivity index (χ2n) is 7.25. The van der Waals surface area contributed by atoms with Crippen molar-refractivity contribution >= 4 is 40.2 Å². The highest BCUT2D eigenvalue weighted by Crippen LogP contribution is 2.42. The van der Waals surface area contributed by atoms with Gasteiger partial charge in [-0.05, 0) is 42.3 Å². The van der Waals surface area contributed by atoms with Crippen molar-refractivity contribution in [3.63, 3.8) is 0 Å². The van der Waals surface area contributed by atoms with Gasteiger partial charge in [0.2, 0.25) is 5.95 Å². The van der Waals surface area contributed by atoms with Gasteiger partial charge in [0.25, 0.3) is 0 Å². The maximum Gasteiger partial charge on any atom is 0.338 e. The Kier molecular flexibility index (Phi) is 4.96. The third kappa shape index (κ3) is 3.37. The van der Waals surface area contributed by atoms with Crippen molar-refractivity contribution in [2.75, 3.05) is 11.9 Å². The molecule has 5 nitrogen and oxygen atoms in total. The van der Waals surface area contributed by atoms with Gasteiger partial charge in [-0.15, -0.1) is 0 Å². The molecule has 1 atom stereocenters. The SMILES string of the molecule is CCOC(=O)C1=C(c2ccccc2)Nc2nc3ccccc3n2[C@@H]1c1ccc(Cl)cc1. The van der Waals surface area contributed by atoms with Gasteiger partial charge in [-0.1, -0.05) is 66.2 Å². The number of carbonyl (C=O) groups is 1. The van der Waals surface area contributed by atoms with E-state index in [0.717, 1.165) is 22.2 Å². The fraction of sp³-hybridized carbons (Fsp3) is 0.120. The van der Waals surface area contributed by atoms with Crippen LogP contribution in [0.2, 0.25) is 5.02 Å². The van der Waals surface area contributed by atoms with Gasteiger partial charge in [-0.2, -0.15) is 0 Å². The van der Waals surface area contributed by atoms with Gasteiger partial charge in [0.1, 0.15) is 0 Å². The van der Waals surface area contributed by atoms with Crippen LogP contribution in [0.3, 0.4) is 0 Å². The van der Waals surface area contributed by atoms with E-state index in [4.69, 9.17) is 21.3 Å². The standard InChI is InChI=1S/C25H20ClN3O2/c1-2-31-24(30)21-22(16-8-4-3-5-9-16)28-25-27-19-10-6-7-11-20(19)29(25)23(21)17-12-14-18(26)15-13-17/h3-15,23H,2H2,1H3,(H,27,28)/t23-/m1/s1. The number of hydrogen-bond acceptors (Lipinski definition) is 4. The summed E-state index contributed by atoms with van der Waals surface area (Å²) in [6.07, 6.45) is 0. The van der Waals surface area contributed by atoms with Crippen LogP contribution in [0.4, 0.5) is 5.95 Å². The van der Waals surface area contributed by atoms with Crippen molar-refractivity contribution in [3.05, 3.63) is 101 Å². The highest BCUT2D eigenvalue weighted by atomic mass is 35.5. The summed E-state index contributed by atoms with van der Waals surface area (Å²) in [6, 6.07) is 24.8. The quantitative estimate of drug-likeness (QED) is 0.424. The molecule has 0 bridgehead atoms. The van der Waals surface area contributed by atoms with Gasteiger partial charge in [0.05, 0.1) is 35.0 Å². The van der Waals surface area contributed by atoms with Gasteiger partial charge in [-0.25, -0.2) is 9.78 Å². The number of fused-ring (bicyclic) bond motifs is 3. The molecule has 31 heavy (non-hydrogen) atoms. The van der Waals surface area contributed by atoms with Crippen LogP contribution in [0.1, 0.15) is 24.1 Å². The molecular weight excluding hydrogens is 410 g/mol. The number of rotatable bonds is 4. The second-order valence-corrected chi connectivity index (χ2v) is 7.68. The van der Waals surface area contributed by atoms with Crippen molar-refractivity contribution in [1.29, 1.82) is 0 Å². The Hall–Kier alpha value is -3.57. The zero-order valence-corrected chi connectivity index (χ0v) is 17.6. The van der Waals surface area contributed by atoms with E-state index in [9.17, 15) is 4.79 Å². The minimum atomic E-state index is -0.421. The summed E-state index contributed by atoms with van der Waals surface area (Å²) in [6.45, 7) is 2.10. The first kappa shape index (κ1) is 19.4. The average Bonchev–Trinajstić information content (AvgIpc) is 3.17. The molecule has 5 rings (SSSR count). The van der Waals surface area contributed by atoms with Crippen LogP contribution in [-0.2, 0) is 9.53 Å². The molecule has 3 aromatic carbocycles. The molecule has 0 saturated carbocycles. The van der Waals surface area contributed by atoms with Crippen molar-refractivity contribution in [2.45, 2.75) is 13.0 Å². The van der Waals surface area contributed by atoms with Crippen LogP contribution < -0.4 is 5.32 Å². The van der Waals surface area contributed by atoms with Crippen molar-refractivity contribution < 1.29 is 9.53 Å². The van der Waals surface area contributed by atoms with Crippen LogP contribution in [0.15, 0.2) is 84.4 Å². The van der Waals surface area contributed by atoms with E-state index in [-0.39, 0.29) is 12.6 Å². The van der Waals surface area contributed by atoms with Crippen LogP contribution in [-0.4, -0.2) is 22.1 Å². The number of benzene rings is 3. The number of esters is 1. The monoisotopic (exact) mass is 429 g/mol. The maximum atomic E-state index is 13.3. The van der Waals surface area contributed by atoms with E-state index in [1.807, 2.05) is 85.8 Å². The molecule has 154 valence electrons. The summed E-state index contributed by atoms with van der Waals surface area (Å²) in [5, 5.41) is 4.05. The lowest BCUT2D eigenvalue weighted by Gasteiger charge is -2.31. The molecule has 1 N–H and O–H groups in total. The Morgan fingerprint density at radius 2 is 1.74 bits per heavy atom. The Morgan fingerprint density at radius 3 is 2.48 bits per heavy atom. The fourth-order valence-corrected chi connectivity index (χ4v) is 4.18. The molecule has 0 radical (unpaired) electrons. The van der Waals surface area contributed by atoms with Gasteiger partial charge in [0, 0.05) is 5.02 Å². The molecule has 0 aliphatic carbocycles. The molecule has 0 unspecified atom stereocenters. The normalized spacial score (nSPS) is 15.5. The minimum Gasteiger partial charge on any atom is -0.463 e. The van der Waals surface area contributed by atoms with Crippen LogP contribution in [0.5, 0.6) is 0 Å². The number of ether oxygens (including phenoxy) is 1. The summed E-state index contributed by atoms with van der Waals surface area (Å²) in [7, 11) is 0. The third-order valence-corrected chi connectivity index (χ3v) is 5.63. The van der Waals surface area contributed by atoms with E-state index in [1.54, 1.807) is 0 Å². The summed E-state index contributed by atoms with van der Waals surface area (Å²) in [5.74, 6) is 0.310. The molecule has 0 fully saturated rings. The Labute approximate surface area is 184 Å². The summed E-state index contributed by atoms with van der Waals surface area (Å²) in [5.41, 5.74) is 4.82. The predicted molar refractivity (Wildman–Crippen MR) is 123 cm³/mol. The van der Waals surface area contributed by atoms with E-state index in [2.05, 4.69) is 9.88 Å². The van der Waals surface area contributed by atoms with Crippen molar-refractivity contribution in [1.82, 2.24) is 9.55 Å². The molecule has 0 spiro atoms. The van der Waals surface area contributed by atoms with Gasteiger partial charge in [-0.3, -0.25) is 4.57 Å². The van der Waals surface area contributed by atoms with E-state index in [1.165, 1.54) is 0 Å². The lowest BCUT2D eigenvalue weighted by molar-refractivity contribution is -0.138. The Morgan fingerprint density at radius 1 is 1.03 bits per heavy atom. The number of para-hydroxylation sites is 2. The number of nitrogens with zero attached hydrogens (tertiary/aromatic N) is 2. The minimum absolute atomic E-state index is 0.287. The van der Waals surface area contributed by atoms with E-state index >= 15 is 0 Å². The lowest BCUT2D eigenvalue weighted by atomic mass is 9.92. The Bertz CT molecular complexity index is 1290. The maximum absolute atomic E-state index is 13.3. The molecule has 1 aromatic heterocycles. The molecule has 6 heteroatoms. The first-order valence-electron chi connectivity index (χ1n) is 10.1. The first-order valence-corrected chi connectivity index (χ1v) is 10.5. The van der Waals surface area contributed by atoms with Gasteiger partial charge < -0.3 is 10.1 Å². The number of carbonyl (C=O) groups excluding carboxylic acids is 1. The van der Waals surface area contributed by atoms with Crippen molar-refractivity contribution in [3.8, 4) is 0 Å². The average molecular weight is 430 g/mol. The zero-order valence-electron chi connectivity index (χ0n) is 16.9. The largest absolute Gasteiger partial charge is 0.463 e. The topological polar surface area (TPSA) is 56.1 Å². The van der Waals surface area contributed by atoms with Crippen LogP contribution >= 0.6 is 11.6 Å². The molecule has 1 aliphatic heterocycles. The summed E-state index contributed by atoms with van der Waals surface area (Å²) < 4.78 is 7.57. The number of halogens is 1. The zero-order chi connectivity index (χ0) is 21.4.